The lowest BCUT2D eigenvalue weighted by atomic mass is 10.1. The molecule has 0 saturated carbocycles. The topological polar surface area (TPSA) is 60.2 Å². The maximum absolute atomic E-state index is 11.1. The highest BCUT2D eigenvalue weighted by molar-refractivity contribution is 14.1. The maximum Gasteiger partial charge on any atom is 0.238 e. The molecule has 2 aromatic carbocycles. The highest BCUT2D eigenvalue weighted by atomic mass is 127. The quantitative estimate of drug-likeness (QED) is 0.838. The Hall–Kier alpha value is -0.920. The van der Waals surface area contributed by atoms with E-state index in [4.69, 9.17) is 5.14 Å². The van der Waals surface area contributed by atoms with E-state index in [9.17, 15) is 8.42 Å². The minimum atomic E-state index is -3.61. The van der Waals surface area contributed by atoms with Crippen molar-refractivity contribution < 1.29 is 8.42 Å². The van der Waals surface area contributed by atoms with Crippen molar-refractivity contribution in [1.29, 1.82) is 0 Å². The Morgan fingerprint density at radius 3 is 2.06 bits per heavy atom. The van der Waals surface area contributed by atoms with Crippen molar-refractivity contribution in [3.05, 3.63) is 52.1 Å². The van der Waals surface area contributed by atoms with Crippen LogP contribution in [-0.4, -0.2) is 8.42 Å². The molecule has 0 spiro atoms. The first-order valence-corrected chi connectivity index (χ1v) is 7.49. The van der Waals surface area contributed by atoms with Crippen LogP contribution in [0.1, 0.15) is 0 Å². The zero-order chi connectivity index (χ0) is 12.5. The van der Waals surface area contributed by atoms with Crippen molar-refractivity contribution in [3.63, 3.8) is 0 Å². The number of nitrogens with two attached hydrogens (primary N) is 1. The molecule has 0 aliphatic rings. The number of halogens is 1. The molecule has 0 bridgehead atoms. The normalized spacial score (nSPS) is 11.4. The summed E-state index contributed by atoms with van der Waals surface area (Å²) in [5, 5.41) is 5.05. The summed E-state index contributed by atoms with van der Waals surface area (Å²) in [6.07, 6.45) is 0. The number of primary sulfonamides is 1. The lowest BCUT2D eigenvalue weighted by Crippen LogP contribution is -2.11. The number of hydrogen-bond donors (Lipinski definition) is 1. The van der Waals surface area contributed by atoms with Crippen molar-refractivity contribution in [3.8, 4) is 11.1 Å². The van der Waals surface area contributed by atoms with E-state index < -0.39 is 10.0 Å². The van der Waals surface area contributed by atoms with E-state index in [1.165, 1.54) is 12.1 Å². The molecule has 0 amide bonds. The molecule has 0 aliphatic heterocycles. The molecule has 0 aliphatic carbocycles. The third kappa shape index (κ3) is 2.85. The highest BCUT2D eigenvalue weighted by Crippen LogP contribution is 2.25. The second-order valence-electron chi connectivity index (χ2n) is 3.55. The average molecular weight is 359 g/mol. The van der Waals surface area contributed by atoms with Gasteiger partial charge in [-0.1, -0.05) is 30.3 Å². The van der Waals surface area contributed by atoms with Crippen LogP contribution in [0.5, 0.6) is 0 Å². The van der Waals surface area contributed by atoms with Crippen LogP contribution >= 0.6 is 22.6 Å². The van der Waals surface area contributed by atoms with Gasteiger partial charge in [0.1, 0.15) is 0 Å². The van der Waals surface area contributed by atoms with E-state index in [0.717, 1.165) is 14.7 Å². The summed E-state index contributed by atoms with van der Waals surface area (Å²) in [6.45, 7) is 0. The summed E-state index contributed by atoms with van der Waals surface area (Å²) in [5.41, 5.74) is 2.05. The third-order valence-electron chi connectivity index (χ3n) is 2.37. The Labute approximate surface area is 114 Å². The third-order valence-corrected chi connectivity index (χ3v) is 4.24. The van der Waals surface area contributed by atoms with E-state index in [2.05, 4.69) is 22.6 Å². The molecule has 17 heavy (non-hydrogen) atoms. The molecule has 3 nitrogen and oxygen atoms in total. The molecule has 2 aromatic rings. The molecule has 0 fully saturated rings. The summed E-state index contributed by atoms with van der Waals surface area (Å²) < 4.78 is 23.4. The Balaban J connectivity index is 2.47. The summed E-state index contributed by atoms with van der Waals surface area (Å²) in [7, 11) is -3.61. The SMILES string of the molecule is NS(=O)(=O)c1ccc(-c2ccccc2I)cc1. The lowest BCUT2D eigenvalue weighted by molar-refractivity contribution is 0.598. The number of sulfonamides is 1. The van der Waals surface area contributed by atoms with Crippen molar-refractivity contribution >= 4 is 32.6 Å². The van der Waals surface area contributed by atoms with Gasteiger partial charge in [0.25, 0.3) is 0 Å². The fourth-order valence-corrected chi connectivity index (χ4v) is 2.73. The van der Waals surface area contributed by atoms with Gasteiger partial charge in [0.05, 0.1) is 4.90 Å². The van der Waals surface area contributed by atoms with Gasteiger partial charge in [-0.25, -0.2) is 13.6 Å². The molecule has 2 N–H and O–H groups in total. The zero-order valence-corrected chi connectivity index (χ0v) is 11.8. The molecule has 0 atom stereocenters. The Bertz CT molecular complexity index is 636. The summed E-state index contributed by atoms with van der Waals surface area (Å²) >= 11 is 2.25. The van der Waals surface area contributed by atoms with Crippen LogP contribution in [0, 0.1) is 3.57 Å². The maximum atomic E-state index is 11.1. The van der Waals surface area contributed by atoms with Crippen LogP contribution in [-0.2, 0) is 10.0 Å². The van der Waals surface area contributed by atoms with E-state index in [-0.39, 0.29) is 4.90 Å². The first-order chi connectivity index (χ1) is 7.98. The molecule has 5 heteroatoms. The average Bonchev–Trinajstić information content (AvgIpc) is 2.29. The van der Waals surface area contributed by atoms with E-state index in [0.29, 0.717) is 0 Å². The minimum Gasteiger partial charge on any atom is -0.225 e. The van der Waals surface area contributed by atoms with Gasteiger partial charge in [-0.3, -0.25) is 0 Å². The zero-order valence-electron chi connectivity index (χ0n) is 8.80. The van der Waals surface area contributed by atoms with Crippen LogP contribution in [0.3, 0.4) is 0 Å². The van der Waals surface area contributed by atoms with E-state index >= 15 is 0 Å². The fraction of sp³-hybridized carbons (Fsp3) is 0. The first-order valence-electron chi connectivity index (χ1n) is 4.86. The van der Waals surface area contributed by atoms with E-state index in [1.54, 1.807) is 12.1 Å². The predicted molar refractivity (Wildman–Crippen MR) is 76.0 cm³/mol. The molecular weight excluding hydrogens is 349 g/mol. The molecule has 0 saturated heterocycles. The second kappa shape index (κ2) is 4.75. The van der Waals surface area contributed by atoms with Crippen molar-refractivity contribution in [2.45, 2.75) is 4.90 Å². The first kappa shape index (κ1) is 12.5. The van der Waals surface area contributed by atoms with Gasteiger partial charge < -0.3 is 0 Å². The van der Waals surface area contributed by atoms with Gasteiger partial charge in [0.2, 0.25) is 10.0 Å². The highest BCUT2D eigenvalue weighted by Gasteiger charge is 2.08. The molecule has 0 heterocycles. The van der Waals surface area contributed by atoms with Crippen LogP contribution in [0.4, 0.5) is 0 Å². The van der Waals surface area contributed by atoms with Crippen LogP contribution in [0.25, 0.3) is 11.1 Å². The number of rotatable bonds is 2. The van der Waals surface area contributed by atoms with Crippen LogP contribution in [0.2, 0.25) is 0 Å². The van der Waals surface area contributed by atoms with Crippen molar-refractivity contribution in [2.24, 2.45) is 5.14 Å². The molecular formula is C12H10INO2S. The Morgan fingerprint density at radius 2 is 1.53 bits per heavy atom. The summed E-state index contributed by atoms with van der Waals surface area (Å²) in [5.74, 6) is 0. The Kier molecular flexibility index (Phi) is 3.50. The van der Waals surface area contributed by atoms with Gasteiger partial charge in [-0.2, -0.15) is 0 Å². The molecule has 0 aromatic heterocycles. The monoisotopic (exact) mass is 359 g/mol. The summed E-state index contributed by atoms with van der Waals surface area (Å²) in [6, 6.07) is 14.5. The molecule has 0 unspecified atom stereocenters. The van der Waals surface area contributed by atoms with Gasteiger partial charge in [-0.05, 0) is 51.9 Å². The van der Waals surface area contributed by atoms with E-state index in [1.807, 2.05) is 24.3 Å². The second-order valence-corrected chi connectivity index (χ2v) is 6.27. The molecule has 2 rings (SSSR count). The van der Waals surface area contributed by atoms with Crippen LogP contribution in [0.15, 0.2) is 53.4 Å². The standard InChI is InChI=1S/C12H10INO2S/c13-12-4-2-1-3-11(12)9-5-7-10(8-6-9)17(14,15)16/h1-8H,(H2,14,15,16). The van der Waals surface area contributed by atoms with Crippen molar-refractivity contribution in [1.82, 2.24) is 0 Å². The van der Waals surface area contributed by atoms with Gasteiger partial charge in [0, 0.05) is 3.57 Å². The minimum absolute atomic E-state index is 0.132. The predicted octanol–water partition coefficient (Wildman–Crippen LogP) is 2.61. The fourth-order valence-electron chi connectivity index (χ4n) is 1.52. The molecule has 88 valence electrons. The largest absolute Gasteiger partial charge is 0.238 e. The molecule has 0 radical (unpaired) electrons. The lowest BCUT2D eigenvalue weighted by Gasteiger charge is -2.05. The number of benzene rings is 2. The summed E-state index contributed by atoms with van der Waals surface area (Å²) in [4.78, 5) is 0.132. The van der Waals surface area contributed by atoms with Gasteiger partial charge in [-0.15, -0.1) is 0 Å². The van der Waals surface area contributed by atoms with Crippen LogP contribution < -0.4 is 5.14 Å². The smallest absolute Gasteiger partial charge is 0.225 e. The van der Waals surface area contributed by atoms with Gasteiger partial charge >= 0.3 is 0 Å². The van der Waals surface area contributed by atoms with Crippen molar-refractivity contribution in [2.75, 3.05) is 0 Å². The van der Waals surface area contributed by atoms with Gasteiger partial charge in [0.15, 0.2) is 0 Å². The number of hydrogen-bond acceptors (Lipinski definition) is 2. The Morgan fingerprint density at radius 1 is 0.941 bits per heavy atom.